The van der Waals surface area contributed by atoms with Crippen LogP contribution < -0.4 is 0 Å². The average Bonchev–Trinajstić information content (AvgIpc) is 3.22. The summed E-state index contributed by atoms with van der Waals surface area (Å²) in [6.45, 7) is 15.6. The summed E-state index contributed by atoms with van der Waals surface area (Å²) in [5, 5.41) is 120. The molecule has 3 saturated heterocycles. The van der Waals surface area contributed by atoms with Crippen LogP contribution in [0.5, 0.6) is 0 Å². The minimum absolute atomic E-state index is 0.00896. The number of aliphatic hydroxyl groups is 10. The first-order valence-corrected chi connectivity index (χ1v) is 23.8. The van der Waals surface area contributed by atoms with Gasteiger partial charge in [0, 0.05) is 0 Å². The van der Waals surface area contributed by atoms with Gasteiger partial charge in [0.05, 0.1) is 37.6 Å². The molecule has 18 nitrogen and oxygen atoms in total. The van der Waals surface area contributed by atoms with Crippen molar-refractivity contribution in [1.82, 2.24) is 0 Å². The van der Waals surface area contributed by atoms with Gasteiger partial charge in [-0.1, -0.05) is 60.1 Å². The van der Waals surface area contributed by atoms with Gasteiger partial charge >= 0.3 is 5.97 Å². The van der Waals surface area contributed by atoms with Gasteiger partial charge < -0.3 is 84.6 Å². The summed E-state index contributed by atoms with van der Waals surface area (Å²) in [4.78, 5) is 13.2. The van der Waals surface area contributed by atoms with Crippen LogP contribution in [0.2, 0.25) is 0 Å². The minimum Gasteiger partial charge on any atom is -0.481 e. The van der Waals surface area contributed by atoms with E-state index in [-0.39, 0.29) is 35.7 Å². The van der Waals surface area contributed by atoms with Crippen LogP contribution in [0.3, 0.4) is 0 Å². The molecule has 0 aromatic rings. The maximum Gasteiger partial charge on any atom is 0.312 e. The number of ether oxygens (including phenoxy) is 6. The fourth-order valence-corrected chi connectivity index (χ4v) is 14.9. The maximum atomic E-state index is 13.2. The second-order valence-corrected chi connectivity index (χ2v) is 23.2. The number of aliphatic hydroxyl groups excluding tert-OH is 10. The van der Waals surface area contributed by atoms with E-state index >= 15 is 0 Å². The molecular formula is C47H76O18. The Morgan fingerprint density at radius 1 is 0.708 bits per heavy atom. The van der Waals surface area contributed by atoms with Crippen molar-refractivity contribution in [2.75, 3.05) is 13.2 Å². The van der Waals surface area contributed by atoms with Crippen LogP contribution in [0.15, 0.2) is 11.6 Å². The molecule has 4 saturated carbocycles. The van der Waals surface area contributed by atoms with Crippen LogP contribution in [-0.4, -0.2) is 180 Å². The summed E-state index contributed by atoms with van der Waals surface area (Å²) in [5.74, 6) is -1.13. The Labute approximate surface area is 380 Å². The summed E-state index contributed by atoms with van der Waals surface area (Å²) < 4.78 is 35.6. The van der Waals surface area contributed by atoms with E-state index in [1.54, 1.807) is 0 Å². The van der Waals surface area contributed by atoms with Crippen molar-refractivity contribution in [2.24, 2.45) is 50.2 Å². The summed E-state index contributed by atoms with van der Waals surface area (Å²) in [5.41, 5.74) is -2.28. The first-order chi connectivity index (χ1) is 30.2. The zero-order valence-electron chi connectivity index (χ0n) is 39.0. The third-order valence-corrected chi connectivity index (χ3v) is 19.2. The lowest BCUT2D eigenvalue weighted by Crippen LogP contribution is -2.69. The number of allylic oxidation sites excluding steroid dienone is 2. The molecule has 7 fully saturated rings. The largest absolute Gasteiger partial charge is 0.481 e. The molecule has 0 amide bonds. The van der Waals surface area contributed by atoms with E-state index in [4.69, 9.17) is 28.4 Å². The Hall–Kier alpha value is -1.43. The third-order valence-electron chi connectivity index (χ3n) is 19.2. The van der Waals surface area contributed by atoms with Crippen LogP contribution in [0.4, 0.5) is 0 Å². The zero-order chi connectivity index (χ0) is 47.7. The van der Waals surface area contributed by atoms with E-state index in [1.807, 2.05) is 13.8 Å². The van der Waals surface area contributed by atoms with E-state index in [0.717, 1.165) is 31.3 Å². The van der Waals surface area contributed by atoms with E-state index < -0.39 is 144 Å². The zero-order valence-corrected chi connectivity index (χ0v) is 39.0. The Bertz CT molecular complexity index is 1790. The van der Waals surface area contributed by atoms with Gasteiger partial charge in [0.2, 0.25) is 0 Å². The molecule has 372 valence electrons. The standard InChI is InChI=1S/C47H76O18/c1-20-30(52)37(65-38-33(55)31(53)23(49)19-60-38)35(57)40(61-20)64-36-24(18-48)62-39(34(56)32(36)54)63-29-12-13-44(6)25(43(29,4)5)11-14-45(7)26(44)10-9-21-22-15-42(2,3)27(50)17-47(22,41(58)59)28(51)16-46(21,45)8/h9,20,22-40,48-57H,10-19H2,1-8H3,(H,58,59). The van der Waals surface area contributed by atoms with Crippen molar-refractivity contribution in [3.8, 4) is 0 Å². The molecule has 0 bridgehead atoms. The smallest absolute Gasteiger partial charge is 0.312 e. The van der Waals surface area contributed by atoms with Crippen LogP contribution in [-0.2, 0) is 33.2 Å². The number of aliphatic carboxylic acids is 1. The van der Waals surface area contributed by atoms with Gasteiger partial charge in [-0.3, -0.25) is 4.79 Å². The number of hydrogen-bond acceptors (Lipinski definition) is 17. The molecule has 65 heavy (non-hydrogen) atoms. The van der Waals surface area contributed by atoms with Crippen molar-refractivity contribution in [2.45, 2.75) is 211 Å². The lowest BCUT2D eigenvalue weighted by molar-refractivity contribution is -0.378. The van der Waals surface area contributed by atoms with E-state index in [0.29, 0.717) is 19.3 Å². The summed E-state index contributed by atoms with van der Waals surface area (Å²) in [6, 6.07) is 0. The molecule has 24 unspecified atom stereocenters. The second kappa shape index (κ2) is 17.2. The average molecular weight is 929 g/mol. The Balaban J connectivity index is 0.969. The van der Waals surface area contributed by atoms with E-state index in [2.05, 4.69) is 40.7 Å². The number of carboxylic acid groups (broad SMARTS) is 1. The Morgan fingerprint density at radius 3 is 2.02 bits per heavy atom. The fraction of sp³-hybridized carbons (Fsp3) is 0.936. The fourth-order valence-electron chi connectivity index (χ4n) is 14.9. The molecule has 18 heteroatoms. The summed E-state index contributed by atoms with van der Waals surface area (Å²) in [7, 11) is 0. The quantitative estimate of drug-likeness (QED) is 0.115. The monoisotopic (exact) mass is 929 g/mol. The number of carbonyl (C=O) groups is 1. The third kappa shape index (κ3) is 7.53. The normalized spacial score (nSPS) is 55.1. The van der Waals surface area contributed by atoms with Crippen molar-refractivity contribution >= 4 is 5.97 Å². The van der Waals surface area contributed by atoms with Crippen molar-refractivity contribution in [3.05, 3.63) is 11.6 Å². The molecule has 8 rings (SSSR count). The SMILES string of the molecule is CC1OC(OC2C(CO)OC(OC3CCC4(C)C(CCC5(C)C4CC=C4C6CC(C)(C)C(O)CC6(C(=O)O)C(O)CC45C)C3(C)C)C(O)C2O)C(O)C(OC2OCC(O)C(O)C2O)C1O. The molecule has 8 aliphatic rings. The van der Waals surface area contributed by atoms with Gasteiger partial charge in [0.1, 0.15) is 66.5 Å². The van der Waals surface area contributed by atoms with Crippen LogP contribution in [0, 0.1) is 50.2 Å². The Morgan fingerprint density at radius 2 is 1.35 bits per heavy atom. The van der Waals surface area contributed by atoms with Crippen LogP contribution >= 0.6 is 0 Å². The van der Waals surface area contributed by atoms with Crippen LogP contribution in [0.1, 0.15) is 107 Å². The van der Waals surface area contributed by atoms with Gasteiger partial charge in [-0.25, -0.2) is 0 Å². The highest BCUT2D eigenvalue weighted by molar-refractivity contribution is 5.78. The van der Waals surface area contributed by atoms with Gasteiger partial charge in [-0.2, -0.15) is 0 Å². The molecule has 24 atom stereocenters. The predicted molar refractivity (Wildman–Crippen MR) is 226 cm³/mol. The lowest BCUT2D eigenvalue weighted by atomic mass is 9.33. The maximum absolute atomic E-state index is 13.2. The molecule has 0 spiro atoms. The molecule has 5 aliphatic carbocycles. The number of rotatable bonds is 8. The van der Waals surface area contributed by atoms with Gasteiger partial charge in [-0.15, -0.1) is 0 Å². The number of fused-ring (bicyclic) bond motifs is 7. The number of carboxylic acids is 1. The number of hydrogen-bond donors (Lipinski definition) is 11. The summed E-state index contributed by atoms with van der Waals surface area (Å²) in [6.07, 6.45) is -16.7. The topological polar surface area (TPSA) is 295 Å². The van der Waals surface area contributed by atoms with Gasteiger partial charge in [0.25, 0.3) is 0 Å². The highest BCUT2D eigenvalue weighted by atomic mass is 16.8. The van der Waals surface area contributed by atoms with Crippen molar-refractivity contribution < 1.29 is 89.4 Å². The van der Waals surface area contributed by atoms with Gasteiger partial charge in [0.15, 0.2) is 18.9 Å². The highest BCUT2D eigenvalue weighted by Gasteiger charge is 2.72. The first kappa shape index (κ1) is 50.0. The molecule has 11 N–H and O–H groups in total. The highest BCUT2D eigenvalue weighted by Crippen LogP contribution is 2.76. The van der Waals surface area contributed by atoms with E-state index in [9.17, 15) is 61.0 Å². The predicted octanol–water partition coefficient (Wildman–Crippen LogP) is 0.315. The van der Waals surface area contributed by atoms with E-state index in [1.165, 1.54) is 6.92 Å². The van der Waals surface area contributed by atoms with Crippen molar-refractivity contribution in [1.29, 1.82) is 0 Å². The molecule has 0 aromatic heterocycles. The van der Waals surface area contributed by atoms with Gasteiger partial charge in [-0.05, 0) is 103 Å². The molecule has 3 aliphatic heterocycles. The van der Waals surface area contributed by atoms with Crippen LogP contribution in [0.25, 0.3) is 0 Å². The Kier molecular flexibility index (Phi) is 13.2. The first-order valence-electron chi connectivity index (χ1n) is 23.8. The van der Waals surface area contributed by atoms with Crippen molar-refractivity contribution in [3.63, 3.8) is 0 Å². The lowest BCUT2D eigenvalue weighted by Gasteiger charge is -2.72. The second-order valence-electron chi connectivity index (χ2n) is 23.2. The molecule has 3 heterocycles. The molecule has 0 radical (unpaired) electrons. The summed E-state index contributed by atoms with van der Waals surface area (Å²) >= 11 is 0. The minimum atomic E-state index is -1.77. The molecule has 0 aromatic carbocycles. The molecular weight excluding hydrogens is 852 g/mol.